The molecule has 1 saturated heterocycles. The Morgan fingerprint density at radius 3 is 2.50 bits per heavy atom. The van der Waals surface area contributed by atoms with Gasteiger partial charge in [-0.15, -0.1) is 0 Å². The summed E-state index contributed by atoms with van der Waals surface area (Å²) in [5.41, 5.74) is 1.08. The van der Waals surface area contributed by atoms with Gasteiger partial charge in [0.05, 0.1) is 30.8 Å². The first-order valence-electron chi connectivity index (χ1n) is 6.62. The fourth-order valence-electron chi connectivity index (χ4n) is 2.21. The molecule has 0 spiro atoms. The van der Waals surface area contributed by atoms with Gasteiger partial charge in [-0.05, 0) is 24.7 Å². The van der Waals surface area contributed by atoms with Gasteiger partial charge in [-0.3, -0.25) is 4.90 Å². The van der Waals surface area contributed by atoms with Crippen LogP contribution in [0.1, 0.15) is 5.56 Å². The van der Waals surface area contributed by atoms with Gasteiger partial charge >= 0.3 is 0 Å². The number of hydrogen-bond acceptors (Lipinski definition) is 5. The zero-order valence-corrected chi connectivity index (χ0v) is 12.7. The van der Waals surface area contributed by atoms with Crippen molar-refractivity contribution in [2.45, 2.75) is 17.5 Å². The van der Waals surface area contributed by atoms with Gasteiger partial charge in [0.1, 0.15) is 0 Å². The molecule has 0 amide bonds. The van der Waals surface area contributed by atoms with Crippen LogP contribution in [0.4, 0.5) is 0 Å². The zero-order valence-electron chi connectivity index (χ0n) is 11.9. The maximum atomic E-state index is 11.4. The maximum Gasteiger partial charge on any atom is 0.175 e. The number of likely N-dealkylation sites (N-methyl/N-ethyl adjacent to an activating group) is 1. The summed E-state index contributed by atoms with van der Waals surface area (Å²) in [4.78, 5) is 2.50. The first kappa shape index (κ1) is 15.4. The van der Waals surface area contributed by atoms with E-state index in [1.54, 1.807) is 12.1 Å². The average Bonchev–Trinajstić information content (AvgIpc) is 2.39. The summed E-state index contributed by atoms with van der Waals surface area (Å²) < 4.78 is 33.7. The molecule has 0 aromatic heterocycles. The van der Waals surface area contributed by atoms with Crippen LogP contribution in [-0.4, -0.2) is 59.1 Å². The SMILES string of the molecule is CN(Cc1ccc(S(C)(=O)=O)cc1)CC1COCCO1. The number of sulfone groups is 1. The van der Waals surface area contributed by atoms with E-state index in [-0.39, 0.29) is 6.10 Å². The molecule has 1 aromatic carbocycles. The Morgan fingerprint density at radius 1 is 1.25 bits per heavy atom. The van der Waals surface area contributed by atoms with E-state index in [1.165, 1.54) is 6.26 Å². The summed E-state index contributed by atoms with van der Waals surface area (Å²) in [5, 5.41) is 0. The van der Waals surface area contributed by atoms with Crippen molar-refractivity contribution in [3.8, 4) is 0 Å². The van der Waals surface area contributed by atoms with Crippen molar-refractivity contribution < 1.29 is 17.9 Å². The second-order valence-corrected chi connectivity index (χ2v) is 7.20. The monoisotopic (exact) mass is 299 g/mol. The minimum absolute atomic E-state index is 0.115. The highest BCUT2D eigenvalue weighted by Crippen LogP contribution is 2.12. The van der Waals surface area contributed by atoms with Crippen molar-refractivity contribution in [2.75, 3.05) is 39.7 Å². The summed E-state index contributed by atoms with van der Waals surface area (Å²) in [5.74, 6) is 0. The highest BCUT2D eigenvalue weighted by molar-refractivity contribution is 7.90. The Balaban J connectivity index is 1.89. The van der Waals surface area contributed by atoms with Crippen molar-refractivity contribution >= 4 is 9.84 Å². The molecule has 1 heterocycles. The van der Waals surface area contributed by atoms with Crippen molar-refractivity contribution in [1.29, 1.82) is 0 Å². The molecule has 6 heteroatoms. The van der Waals surface area contributed by atoms with E-state index in [9.17, 15) is 8.42 Å². The van der Waals surface area contributed by atoms with Crippen LogP contribution in [0, 0.1) is 0 Å². The normalized spacial score (nSPS) is 20.2. The molecule has 1 aliphatic heterocycles. The minimum Gasteiger partial charge on any atom is -0.376 e. The van der Waals surface area contributed by atoms with E-state index >= 15 is 0 Å². The fourth-order valence-corrected chi connectivity index (χ4v) is 2.84. The quantitative estimate of drug-likeness (QED) is 0.810. The highest BCUT2D eigenvalue weighted by Gasteiger charge is 2.16. The van der Waals surface area contributed by atoms with Gasteiger partial charge in [0, 0.05) is 19.3 Å². The third kappa shape index (κ3) is 4.56. The van der Waals surface area contributed by atoms with Crippen LogP contribution in [0.15, 0.2) is 29.2 Å². The average molecular weight is 299 g/mol. The summed E-state index contributed by atoms with van der Waals surface area (Å²) >= 11 is 0. The van der Waals surface area contributed by atoms with Gasteiger partial charge in [-0.25, -0.2) is 8.42 Å². The van der Waals surface area contributed by atoms with Gasteiger partial charge in [0.2, 0.25) is 0 Å². The molecule has 1 aliphatic rings. The molecule has 2 rings (SSSR count). The number of rotatable bonds is 5. The largest absolute Gasteiger partial charge is 0.376 e. The lowest BCUT2D eigenvalue weighted by molar-refractivity contribution is -0.0962. The minimum atomic E-state index is -3.12. The molecule has 1 aromatic rings. The molecular formula is C14H21NO4S. The smallest absolute Gasteiger partial charge is 0.175 e. The van der Waals surface area contributed by atoms with Crippen LogP contribution in [-0.2, 0) is 25.9 Å². The van der Waals surface area contributed by atoms with Crippen LogP contribution in [0.2, 0.25) is 0 Å². The Labute approximate surface area is 120 Å². The van der Waals surface area contributed by atoms with E-state index < -0.39 is 9.84 Å². The molecule has 0 aliphatic carbocycles. The van der Waals surface area contributed by atoms with E-state index in [4.69, 9.17) is 9.47 Å². The molecule has 1 atom stereocenters. The standard InChI is InChI=1S/C14H21NO4S/c1-15(10-13-11-18-7-8-19-13)9-12-3-5-14(6-4-12)20(2,16)17/h3-6,13H,7-11H2,1-2H3. The lowest BCUT2D eigenvalue weighted by Gasteiger charge is -2.27. The highest BCUT2D eigenvalue weighted by atomic mass is 32.2. The molecule has 112 valence electrons. The fraction of sp³-hybridized carbons (Fsp3) is 0.571. The zero-order chi connectivity index (χ0) is 14.6. The van der Waals surface area contributed by atoms with Gasteiger partial charge < -0.3 is 9.47 Å². The van der Waals surface area contributed by atoms with Crippen molar-refractivity contribution in [1.82, 2.24) is 4.90 Å². The Kier molecular flexibility index (Phi) is 5.15. The lowest BCUT2D eigenvalue weighted by atomic mass is 10.2. The Bertz CT molecular complexity index is 521. The van der Waals surface area contributed by atoms with Crippen LogP contribution in [0.25, 0.3) is 0 Å². The van der Waals surface area contributed by atoms with E-state index in [0.29, 0.717) is 24.7 Å². The summed E-state index contributed by atoms with van der Waals surface area (Å²) in [6.07, 6.45) is 1.33. The molecule has 0 N–H and O–H groups in total. The molecule has 0 saturated carbocycles. The lowest BCUT2D eigenvalue weighted by Crippen LogP contribution is -2.38. The van der Waals surface area contributed by atoms with Crippen molar-refractivity contribution in [2.24, 2.45) is 0 Å². The molecule has 5 nitrogen and oxygen atoms in total. The van der Waals surface area contributed by atoms with E-state index in [2.05, 4.69) is 4.90 Å². The van der Waals surface area contributed by atoms with Crippen LogP contribution < -0.4 is 0 Å². The molecule has 20 heavy (non-hydrogen) atoms. The summed E-state index contributed by atoms with van der Waals surface area (Å²) in [7, 11) is -1.10. The third-order valence-electron chi connectivity index (χ3n) is 3.20. The van der Waals surface area contributed by atoms with Gasteiger partial charge in [-0.1, -0.05) is 12.1 Å². The topological polar surface area (TPSA) is 55.8 Å². The molecule has 1 fully saturated rings. The van der Waals surface area contributed by atoms with Gasteiger partial charge in [-0.2, -0.15) is 0 Å². The number of ether oxygens (including phenoxy) is 2. The predicted octanol–water partition coefficient (Wildman–Crippen LogP) is 0.937. The Hall–Kier alpha value is -0.950. The molecule has 1 unspecified atom stereocenters. The predicted molar refractivity (Wildman–Crippen MR) is 76.4 cm³/mol. The number of nitrogens with zero attached hydrogens (tertiary/aromatic N) is 1. The van der Waals surface area contributed by atoms with E-state index in [0.717, 1.165) is 18.7 Å². The Morgan fingerprint density at radius 2 is 1.95 bits per heavy atom. The molecular weight excluding hydrogens is 278 g/mol. The van der Waals surface area contributed by atoms with Gasteiger partial charge in [0.25, 0.3) is 0 Å². The van der Waals surface area contributed by atoms with Gasteiger partial charge in [0.15, 0.2) is 9.84 Å². The summed E-state index contributed by atoms with van der Waals surface area (Å²) in [6, 6.07) is 7.01. The second-order valence-electron chi connectivity index (χ2n) is 5.18. The summed E-state index contributed by atoms with van der Waals surface area (Å²) in [6.45, 7) is 3.52. The third-order valence-corrected chi connectivity index (χ3v) is 4.33. The van der Waals surface area contributed by atoms with Crippen molar-refractivity contribution in [3.63, 3.8) is 0 Å². The van der Waals surface area contributed by atoms with Crippen LogP contribution >= 0.6 is 0 Å². The first-order chi connectivity index (χ1) is 9.45. The number of hydrogen-bond donors (Lipinski definition) is 0. The van der Waals surface area contributed by atoms with Crippen molar-refractivity contribution in [3.05, 3.63) is 29.8 Å². The van der Waals surface area contributed by atoms with Crippen LogP contribution in [0.5, 0.6) is 0 Å². The maximum absolute atomic E-state index is 11.4. The molecule has 0 bridgehead atoms. The molecule has 0 radical (unpaired) electrons. The van der Waals surface area contributed by atoms with E-state index in [1.807, 2.05) is 19.2 Å². The first-order valence-corrected chi connectivity index (χ1v) is 8.51. The second kappa shape index (κ2) is 6.67. The number of benzene rings is 1. The van der Waals surface area contributed by atoms with Crippen LogP contribution in [0.3, 0.4) is 0 Å².